The van der Waals surface area contributed by atoms with E-state index < -0.39 is 17.5 Å². The summed E-state index contributed by atoms with van der Waals surface area (Å²) in [4.78, 5) is 21.1. The number of hydrogen-bond acceptors (Lipinski definition) is 5. The average molecular weight is 422 g/mol. The van der Waals surface area contributed by atoms with Gasteiger partial charge in [0.15, 0.2) is 5.72 Å². The number of nitrogens with one attached hydrogen (secondary N) is 1. The molecule has 8 heteroatoms. The number of nitrogens with zero attached hydrogens (tertiary/aromatic N) is 1. The summed E-state index contributed by atoms with van der Waals surface area (Å²) in [6, 6.07) is 5.18. The lowest BCUT2D eigenvalue weighted by atomic mass is 9.83. The first-order chi connectivity index (χ1) is 14.4. The maximum Gasteiger partial charge on any atom is 0.416 e. The molecule has 0 spiro atoms. The summed E-state index contributed by atoms with van der Waals surface area (Å²) in [6.45, 7) is 3.92. The zero-order valence-corrected chi connectivity index (χ0v) is 16.8. The number of rotatable bonds is 4. The van der Waals surface area contributed by atoms with E-state index in [2.05, 4.69) is 10.4 Å². The molecular formula is C22H25F3N2O3. The van der Waals surface area contributed by atoms with Crippen LogP contribution in [-0.4, -0.2) is 36.3 Å². The molecule has 5 rings (SSSR count). The molecule has 2 heterocycles. The summed E-state index contributed by atoms with van der Waals surface area (Å²) in [5.41, 5.74) is 4.12. The Morgan fingerprint density at radius 3 is 2.60 bits per heavy atom. The topological polar surface area (TPSA) is 50.8 Å². The molecule has 4 atom stereocenters. The number of hydroxylamine groups is 1. The molecule has 2 aliphatic heterocycles. The zero-order chi connectivity index (χ0) is 21.1. The number of carbonyl (C=O) groups is 1. The summed E-state index contributed by atoms with van der Waals surface area (Å²) in [5, 5.41) is 0. The summed E-state index contributed by atoms with van der Waals surface area (Å²) >= 11 is 0. The van der Waals surface area contributed by atoms with Crippen molar-refractivity contribution >= 4 is 11.7 Å². The molecule has 0 amide bonds. The number of halogens is 3. The second kappa shape index (κ2) is 6.99. The fraction of sp³-hybridized carbons (Fsp3) is 0.591. The van der Waals surface area contributed by atoms with Crippen LogP contribution in [0.15, 0.2) is 29.8 Å². The number of esters is 1. The van der Waals surface area contributed by atoms with Gasteiger partial charge in [-0.25, -0.2) is 4.84 Å². The van der Waals surface area contributed by atoms with Gasteiger partial charge in [0.2, 0.25) is 0 Å². The predicted molar refractivity (Wildman–Crippen MR) is 102 cm³/mol. The van der Waals surface area contributed by atoms with Crippen LogP contribution in [0.1, 0.15) is 43.7 Å². The van der Waals surface area contributed by atoms with E-state index in [1.54, 1.807) is 0 Å². The fourth-order valence-corrected chi connectivity index (χ4v) is 5.72. The number of likely N-dealkylation sites (tertiary alicyclic amines) is 1. The van der Waals surface area contributed by atoms with Crippen LogP contribution in [0.2, 0.25) is 0 Å². The summed E-state index contributed by atoms with van der Waals surface area (Å²) < 4.78 is 44.2. The number of ether oxygens (including phenoxy) is 1. The average Bonchev–Trinajstić information content (AvgIpc) is 3.05. The Labute approximate surface area is 173 Å². The van der Waals surface area contributed by atoms with Gasteiger partial charge in [-0.3, -0.25) is 15.2 Å². The molecule has 4 unspecified atom stereocenters. The van der Waals surface area contributed by atoms with E-state index in [1.807, 2.05) is 6.92 Å². The van der Waals surface area contributed by atoms with Gasteiger partial charge >= 0.3 is 12.1 Å². The number of hydrogen-bond donors (Lipinski definition) is 1. The molecule has 2 aliphatic carbocycles. The minimum Gasteiger partial charge on any atom is -0.466 e. The molecule has 1 N–H and O–H groups in total. The number of fused-ring (bicyclic) bond motifs is 3. The molecule has 4 aliphatic rings. The molecule has 2 saturated carbocycles. The Balaban J connectivity index is 1.53. The minimum atomic E-state index is -4.37. The van der Waals surface area contributed by atoms with Crippen LogP contribution < -0.4 is 5.48 Å². The van der Waals surface area contributed by atoms with Gasteiger partial charge in [-0.15, -0.1) is 0 Å². The van der Waals surface area contributed by atoms with E-state index in [0.717, 1.165) is 62.2 Å². The highest BCUT2D eigenvalue weighted by Gasteiger charge is 2.72. The molecule has 5 nitrogen and oxygen atoms in total. The zero-order valence-electron chi connectivity index (χ0n) is 16.8. The van der Waals surface area contributed by atoms with Crippen molar-refractivity contribution in [1.82, 2.24) is 10.4 Å². The lowest BCUT2D eigenvalue weighted by Gasteiger charge is -2.41. The maximum atomic E-state index is 13.0. The van der Waals surface area contributed by atoms with Crippen molar-refractivity contribution in [1.29, 1.82) is 0 Å². The van der Waals surface area contributed by atoms with Crippen molar-refractivity contribution < 1.29 is 27.5 Å². The van der Waals surface area contributed by atoms with E-state index in [-0.39, 0.29) is 23.7 Å². The van der Waals surface area contributed by atoms with Crippen LogP contribution in [0.5, 0.6) is 0 Å². The van der Waals surface area contributed by atoms with E-state index in [1.165, 1.54) is 12.1 Å². The van der Waals surface area contributed by atoms with Crippen molar-refractivity contribution in [2.75, 3.05) is 19.7 Å². The monoisotopic (exact) mass is 422 g/mol. The molecule has 0 bridgehead atoms. The van der Waals surface area contributed by atoms with Gasteiger partial charge in [0.1, 0.15) is 0 Å². The summed E-state index contributed by atoms with van der Waals surface area (Å²) in [5.74, 6) is -0.115. The fourth-order valence-electron chi connectivity index (χ4n) is 5.72. The van der Waals surface area contributed by atoms with Crippen molar-refractivity contribution in [3.05, 3.63) is 41.0 Å². The minimum absolute atomic E-state index is 0.0119. The maximum absolute atomic E-state index is 13.0. The Kier molecular flexibility index (Phi) is 4.63. The van der Waals surface area contributed by atoms with Crippen LogP contribution in [0, 0.1) is 17.8 Å². The van der Waals surface area contributed by atoms with E-state index in [4.69, 9.17) is 9.57 Å². The quantitative estimate of drug-likeness (QED) is 0.745. The molecule has 1 aromatic rings. The lowest BCUT2D eigenvalue weighted by Crippen LogP contribution is -2.53. The Morgan fingerprint density at radius 2 is 1.97 bits per heavy atom. The van der Waals surface area contributed by atoms with Gasteiger partial charge < -0.3 is 4.74 Å². The van der Waals surface area contributed by atoms with E-state index in [0.29, 0.717) is 12.2 Å². The van der Waals surface area contributed by atoms with Crippen molar-refractivity contribution in [3.63, 3.8) is 0 Å². The first-order valence-electron chi connectivity index (χ1n) is 10.6. The number of carbonyl (C=O) groups excluding carboxylic acids is 1. The molecule has 3 fully saturated rings. The summed E-state index contributed by atoms with van der Waals surface area (Å²) in [6.07, 6.45) is -0.635. The van der Waals surface area contributed by atoms with Crippen molar-refractivity contribution in [3.8, 4) is 0 Å². The highest BCUT2D eigenvalue weighted by molar-refractivity contribution is 5.79. The molecule has 0 radical (unpaired) electrons. The van der Waals surface area contributed by atoms with Crippen LogP contribution in [-0.2, 0) is 20.5 Å². The third-order valence-electron chi connectivity index (χ3n) is 7.03. The van der Waals surface area contributed by atoms with E-state index in [9.17, 15) is 18.0 Å². The smallest absolute Gasteiger partial charge is 0.416 e. The normalized spacial score (nSPS) is 33.1. The standard InChI is InChI=1S/C22H25F3N2O3/c1-2-29-20(28)17-15-9-10-16-19(13-5-7-14(8-6-13)22(23,24)25)26-30-21(16,18(15)17)27-11-3-4-12-27/h5-8,15,17-18,26H,2-4,9-12H2,1H3. The highest BCUT2D eigenvalue weighted by Crippen LogP contribution is 2.66. The first-order valence-corrected chi connectivity index (χ1v) is 10.6. The largest absolute Gasteiger partial charge is 0.466 e. The second-order valence-electron chi connectivity index (χ2n) is 8.53. The lowest BCUT2D eigenvalue weighted by molar-refractivity contribution is -0.165. The van der Waals surface area contributed by atoms with Gasteiger partial charge in [0, 0.05) is 30.1 Å². The predicted octanol–water partition coefficient (Wildman–Crippen LogP) is 3.96. The SMILES string of the molecule is CCOC(=O)C1C2CCC3=C(c4ccc(C(F)(F)F)cc4)NOC3(N3CCCC3)C21. The molecular weight excluding hydrogens is 397 g/mol. The third-order valence-corrected chi connectivity index (χ3v) is 7.03. The van der Waals surface area contributed by atoms with Gasteiger partial charge in [-0.2, -0.15) is 13.2 Å². The Morgan fingerprint density at radius 1 is 1.27 bits per heavy atom. The van der Waals surface area contributed by atoms with Gasteiger partial charge in [0.05, 0.1) is 23.8 Å². The molecule has 30 heavy (non-hydrogen) atoms. The van der Waals surface area contributed by atoms with Crippen molar-refractivity contribution in [2.45, 2.75) is 44.5 Å². The highest BCUT2D eigenvalue weighted by atomic mass is 19.4. The Hall–Kier alpha value is -2.06. The number of alkyl halides is 3. The molecule has 162 valence electrons. The second-order valence-corrected chi connectivity index (χ2v) is 8.53. The van der Waals surface area contributed by atoms with Crippen LogP contribution in [0.4, 0.5) is 13.2 Å². The van der Waals surface area contributed by atoms with Crippen molar-refractivity contribution in [2.24, 2.45) is 17.8 Å². The van der Waals surface area contributed by atoms with Crippen LogP contribution >= 0.6 is 0 Å². The molecule has 0 aromatic heterocycles. The number of benzene rings is 1. The van der Waals surface area contributed by atoms with E-state index >= 15 is 0 Å². The molecule has 1 aromatic carbocycles. The summed E-state index contributed by atoms with van der Waals surface area (Å²) in [7, 11) is 0. The molecule has 1 saturated heterocycles. The Bertz CT molecular complexity index is 877. The van der Waals surface area contributed by atoms with Gasteiger partial charge in [-0.05, 0) is 50.7 Å². The van der Waals surface area contributed by atoms with Crippen LogP contribution in [0.3, 0.4) is 0 Å². The first kappa shape index (κ1) is 19.9. The van der Waals surface area contributed by atoms with Gasteiger partial charge in [-0.1, -0.05) is 12.1 Å². The van der Waals surface area contributed by atoms with Crippen LogP contribution in [0.25, 0.3) is 5.70 Å². The third kappa shape index (κ3) is 2.87. The van der Waals surface area contributed by atoms with Gasteiger partial charge in [0.25, 0.3) is 0 Å².